The molecule has 2 aromatic heterocycles. The molecule has 0 saturated carbocycles. The van der Waals surface area contributed by atoms with Crippen molar-refractivity contribution in [2.45, 2.75) is 24.6 Å². The minimum absolute atomic E-state index is 0.110. The summed E-state index contributed by atoms with van der Waals surface area (Å²) >= 11 is 0. The fraction of sp³-hybridized carbons (Fsp3) is 0.273. The van der Waals surface area contributed by atoms with Crippen LogP contribution in [0.1, 0.15) is 22.3 Å². The van der Waals surface area contributed by atoms with Crippen LogP contribution in [0.15, 0.2) is 55.0 Å². The number of hydrogen-bond donors (Lipinski definition) is 0. The maximum Gasteiger partial charge on any atom is 0.417 e. The van der Waals surface area contributed by atoms with Gasteiger partial charge in [0.15, 0.2) is 5.82 Å². The first-order chi connectivity index (χ1) is 16.1. The van der Waals surface area contributed by atoms with E-state index in [1.54, 1.807) is 0 Å². The molecule has 0 aliphatic carbocycles. The minimum Gasteiger partial charge on any atom is -0.475 e. The summed E-state index contributed by atoms with van der Waals surface area (Å²) in [5.41, 5.74) is -1.07. The zero-order valence-corrected chi connectivity index (χ0v) is 17.3. The third-order valence-corrected chi connectivity index (χ3v) is 5.28. The van der Waals surface area contributed by atoms with E-state index in [-0.39, 0.29) is 29.4 Å². The zero-order valence-electron chi connectivity index (χ0n) is 17.3. The molecular weight excluding hydrogens is 466 g/mol. The fourth-order valence-corrected chi connectivity index (χ4v) is 3.55. The van der Waals surface area contributed by atoms with E-state index < -0.39 is 48.5 Å². The van der Waals surface area contributed by atoms with E-state index in [1.165, 1.54) is 24.5 Å². The quantitative estimate of drug-likeness (QED) is 0.497. The largest absolute Gasteiger partial charge is 0.475 e. The van der Waals surface area contributed by atoms with Gasteiger partial charge in [-0.15, -0.1) is 0 Å². The smallest absolute Gasteiger partial charge is 0.417 e. The van der Waals surface area contributed by atoms with Crippen LogP contribution in [0, 0.1) is 5.82 Å². The summed E-state index contributed by atoms with van der Waals surface area (Å²) in [7, 11) is 0. The van der Waals surface area contributed by atoms with Crippen molar-refractivity contribution in [1.29, 1.82) is 0 Å². The van der Waals surface area contributed by atoms with Crippen molar-refractivity contribution in [2.24, 2.45) is 0 Å². The van der Waals surface area contributed by atoms with Crippen molar-refractivity contribution in [3.8, 4) is 17.3 Å². The van der Waals surface area contributed by atoms with Crippen LogP contribution in [0.5, 0.6) is 5.88 Å². The second kappa shape index (κ2) is 8.92. The number of rotatable bonds is 5. The molecule has 3 aromatic rings. The summed E-state index contributed by atoms with van der Waals surface area (Å²) in [5, 5.41) is 0. The number of nitrogens with zero attached hydrogens (tertiary/aromatic N) is 4. The lowest BCUT2D eigenvalue weighted by Crippen LogP contribution is -2.46. The third kappa shape index (κ3) is 4.80. The number of aromatic nitrogens is 3. The molecule has 0 radical (unpaired) electrons. The molecule has 1 saturated heterocycles. The Morgan fingerprint density at radius 1 is 1.12 bits per heavy atom. The molecule has 1 aliphatic rings. The number of carbonyl (C=O) groups is 1. The van der Waals surface area contributed by atoms with Crippen molar-refractivity contribution in [1.82, 2.24) is 19.9 Å². The average molecular weight is 482 g/mol. The van der Waals surface area contributed by atoms with E-state index in [9.17, 15) is 31.1 Å². The van der Waals surface area contributed by atoms with Crippen molar-refractivity contribution in [3.63, 3.8) is 0 Å². The summed E-state index contributed by atoms with van der Waals surface area (Å²) in [4.78, 5) is 25.6. The van der Waals surface area contributed by atoms with Crippen LogP contribution in [0.3, 0.4) is 0 Å². The van der Waals surface area contributed by atoms with Gasteiger partial charge in [0.05, 0.1) is 11.1 Å². The Bertz CT molecular complexity index is 1170. The molecule has 6 nitrogen and oxygen atoms in total. The second-order valence-electron chi connectivity index (χ2n) is 7.48. The second-order valence-corrected chi connectivity index (χ2v) is 7.48. The number of amides is 1. The van der Waals surface area contributed by atoms with Crippen molar-refractivity contribution in [2.75, 3.05) is 13.2 Å². The molecule has 4 rings (SSSR count). The molecule has 34 heavy (non-hydrogen) atoms. The van der Waals surface area contributed by atoms with E-state index in [2.05, 4.69) is 15.0 Å². The van der Waals surface area contributed by atoms with Gasteiger partial charge in [-0.25, -0.2) is 28.1 Å². The summed E-state index contributed by atoms with van der Waals surface area (Å²) in [6.45, 7) is -1.07. The van der Waals surface area contributed by atoms with Gasteiger partial charge in [-0.3, -0.25) is 4.79 Å². The van der Waals surface area contributed by atoms with Crippen LogP contribution in [0.2, 0.25) is 0 Å². The zero-order chi connectivity index (χ0) is 24.5. The summed E-state index contributed by atoms with van der Waals surface area (Å²) < 4.78 is 86.4. The highest BCUT2D eigenvalue weighted by atomic mass is 19.4. The Morgan fingerprint density at radius 3 is 2.50 bits per heavy atom. The number of halogens is 6. The highest BCUT2D eigenvalue weighted by Crippen LogP contribution is 2.36. The Labute approximate surface area is 189 Å². The average Bonchev–Trinajstić information content (AvgIpc) is 3.11. The molecule has 1 fully saturated rings. The monoisotopic (exact) mass is 482 g/mol. The third-order valence-electron chi connectivity index (χ3n) is 5.28. The van der Waals surface area contributed by atoms with Crippen molar-refractivity contribution < 1.29 is 35.9 Å². The molecule has 1 atom stereocenters. The first-order valence-corrected chi connectivity index (χ1v) is 9.98. The van der Waals surface area contributed by atoms with E-state index in [0.717, 1.165) is 23.1 Å². The van der Waals surface area contributed by atoms with E-state index in [0.29, 0.717) is 12.3 Å². The molecule has 1 aromatic carbocycles. The van der Waals surface area contributed by atoms with Crippen LogP contribution in [-0.4, -0.2) is 50.9 Å². The van der Waals surface area contributed by atoms with Crippen molar-refractivity contribution in [3.05, 3.63) is 71.9 Å². The Balaban J connectivity index is 1.58. The lowest BCUT2D eigenvalue weighted by molar-refractivity contribution is -0.137. The number of benzene rings is 1. The molecular formula is C22H16F6N4O2. The van der Waals surface area contributed by atoms with E-state index >= 15 is 0 Å². The molecule has 1 aliphatic heterocycles. The SMILES string of the molecule is O=C(c1cc(F)ccc1-c1ncccn1)N1CCC(F)(F)C1COc1ccc(C(F)(F)F)cn1. The number of carbonyl (C=O) groups excluding carboxylic acids is 1. The summed E-state index contributed by atoms with van der Waals surface area (Å²) in [6, 6.07) is 4.69. The number of alkyl halides is 5. The van der Waals surface area contributed by atoms with Gasteiger partial charge in [-0.05, 0) is 30.3 Å². The van der Waals surface area contributed by atoms with Gasteiger partial charge in [0, 0.05) is 43.2 Å². The molecule has 1 unspecified atom stereocenters. The molecule has 0 bridgehead atoms. The van der Waals surface area contributed by atoms with Gasteiger partial charge in [-0.2, -0.15) is 13.2 Å². The Morgan fingerprint density at radius 2 is 1.85 bits per heavy atom. The standard InChI is InChI=1S/C22H16F6N4O2/c23-14-3-4-15(19-29-7-1-8-30-19)16(10-14)20(33)32-9-6-21(24,25)17(32)12-34-18-5-2-13(11-31-18)22(26,27)28/h1-5,7-8,10-11,17H,6,9,12H2. The first kappa shape index (κ1) is 23.5. The van der Waals surface area contributed by atoms with Gasteiger partial charge in [-0.1, -0.05) is 0 Å². The molecule has 178 valence electrons. The van der Waals surface area contributed by atoms with Gasteiger partial charge in [0.2, 0.25) is 5.88 Å². The van der Waals surface area contributed by atoms with Crippen LogP contribution in [-0.2, 0) is 6.18 Å². The highest BCUT2D eigenvalue weighted by Gasteiger charge is 2.51. The van der Waals surface area contributed by atoms with Gasteiger partial charge >= 0.3 is 6.18 Å². The van der Waals surface area contributed by atoms with Gasteiger partial charge in [0.1, 0.15) is 18.5 Å². The number of likely N-dealkylation sites (tertiary alicyclic amines) is 1. The van der Waals surface area contributed by atoms with E-state index in [1.807, 2.05) is 0 Å². The molecule has 12 heteroatoms. The number of hydrogen-bond acceptors (Lipinski definition) is 5. The topological polar surface area (TPSA) is 68.2 Å². The van der Waals surface area contributed by atoms with Crippen LogP contribution < -0.4 is 4.74 Å². The predicted octanol–water partition coefficient (Wildman–Crippen LogP) is 4.63. The molecule has 0 spiro atoms. The Hall–Kier alpha value is -3.70. The van der Waals surface area contributed by atoms with Crippen LogP contribution in [0.25, 0.3) is 11.4 Å². The van der Waals surface area contributed by atoms with E-state index in [4.69, 9.17) is 4.74 Å². The minimum atomic E-state index is -4.61. The maximum absolute atomic E-state index is 14.6. The molecule has 1 amide bonds. The predicted molar refractivity (Wildman–Crippen MR) is 107 cm³/mol. The lowest BCUT2D eigenvalue weighted by atomic mass is 10.0. The highest BCUT2D eigenvalue weighted by molar-refractivity contribution is 6.00. The van der Waals surface area contributed by atoms with Crippen LogP contribution in [0.4, 0.5) is 26.3 Å². The van der Waals surface area contributed by atoms with Crippen LogP contribution >= 0.6 is 0 Å². The normalized spacial score (nSPS) is 17.6. The summed E-state index contributed by atoms with van der Waals surface area (Å²) in [6.07, 6.45) is -1.93. The van der Waals surface area contributed by atoms with Crippen molar-refractivity contribution >= 4 is 5.91 Å². The maximum atomic E-state index is 14.6. The Kier molecular flexibility index (Phi) is 6.15. The summed E-state index contributed by atoms with van der Waals surface area (Å²) in [5.74, 6) is -5.19. The first-order valence-electron chi connectivity index (χ1n) is 9.98. The number of ether oxygens (including phenoxy) is 1. The number of pyridine rings is 1. The fourth-order valence-electron chi connectivity index (χ4n) is 3.55. The molecule has 0 N–H and O–H groups in total. The lowest BCUT2D eigenvalue weighted by Gasteiger charge is -2.28. The van der Waals surface area contributed by atoms with Gasteiger partial charge in [0.25, 0.3) is 11.8 Å². The van der Waals surface area contributed by atoms with Gasteiger partial charge < -0.3 is 9.64 Å². The molecule has 3 heterocycles.